The molecule has 0 bridgehead atoms. The van der Waals surface area contributed by atoms with E-state index in [2.05, 4.69) is 15.8 Å². The van der Waals surface area contributed by atoms with E-state index < -0.39 is 29.4 Å². The molecule has 1 saturated heterocycles. The number of nitrogens with zero attached hydrogens (tertiary/aromatic N) is 2. The molecular formula is C24H22F2N4O3S. The van der Waals surface area contributed by atoms with Gasteiger partial charge in [0.05, 0.1) is 11.3 Å². The number of aromatic nitrogens is 1. The molecule has 7 nitrogen and oxygen atoms in total. The number of amides is 3. The van der Waals surface area contributed by atoms with E-state index in [0.29, 0.717) is 34.5 Å². The number of hydrogen-bond acceptors (Lipinski definition) is 5. The maximum atomic E-state index is 13.9. The van der Waals surface area contributed by atoms with Crippen molar-refractivity contribution in [1.82, 2.24) is 20.7 Å². The molecule has 2 N–H and O–H groups in total. The van der Waals surface area contributed by atoms with E-state index >= 15 is 0 Å². The van der Waals surface area contributed by atoms with Crippen LogP contribution in [-0.4, -0.2) is 40.7 Å². The van der Waals surface area contributed by atoms with Crippen LogP contribution in [0, 0.1) is 24.5 Å². The number of halogens is 2. The maximum absolute atomic E-state index is 13.9. The van der Waals surface area contributed by atoms with E-state index in [1.807, 2.05) is 30.3 Å². The minimum atomic E-state index is -0.915. The predicted molar refractivity (Wildman–Crippen MR) is 123 cm³/mol. The van der Waals surface area contributed by atoms with E-state index in [0.717, 1.165) is 17.7 Å². The van der Waals surface area contributed by atoms with Crippen LogP contribution >= 0.6 is 11.3 Å². The molecular weight excluding hydrogens is 462 g/mol. The fraction of sp³-hybridized carbons (Fsp3) is 0.250. The van der Waals surface area contributed by atoms with E-state index in [4.69, 9.17) is 0 Å². The van der Waals surface area contributed by atoms with E-state index in [9.17, 15) is 23.2 Å². The molecule has 0 radical (unpaired) electrons. The molecule has 0 aliphatic carbocycles. The number of benzene rings is 2. The average molecular weight is 485 g/mol. The standard InChI is InChI=1S/C24H22F2N4O3S/c1-14-20(34-23(27-14)16-5-3-2-4-6-16)22(32)29-28-21(31)15-9-11-30(12-10-15)24(33)18-8-7-17(25)13-19(18)26/h2-8,13,15H,9-12H2,1H3,(H,28,31)(H,29,32). The lowest BCUT2D eigenvalue weighted by atomic mass is 9.95. The first-order valence-electron chi connectivity index (χ1n) is 10.7. The van der Waals surface area contributed by atoms with E-state index in [1.165, 1.54) is 16.2 Å². The molecule has 2 heterocycles. The maximum Gasteiger partial charge on any atom is 0.281 e. The Hall–Kier alpha value is -3.66. The van der Waals surface area contributed by atoms with Gasteiger partial charge < -0.3 is 4.90 Å². The molecule has 10 heteroatoms. The average Bonchev–Trinajstić information content (AvgIpc) is 3.24. The summed E-state index contributed by atoms with van der Waals surface area (Å²) < 4.78 is 27.0. The molecule has 3 aromatic rings. The van der Waals surface area contributed by atoms with Crippen LogP contribution in [0.2, 0.25) is 0 Å². The van der Waals surface area contributed by atoms with Gasteiger partial charge in [-0.3, -0.25) is 25.2 Å². The van der Waals surface area contributed by atoms with Crippen LogP contribution < -0.4 is 10.9 Å². The molecule has 1 aliphatic heterocycles. The third kappa shape index (κ3) is 5.12. The lowest BCUT2D eigenvalue weighted by molar-refractivity contribution is -0.127. The molecule has 0 saturated carbocycles. The Labute approximate surface area is 198 Å². The Balaban J connectivity index is 1.29. The largest absolute Gasteiger partial charge is 0.339 e. The molecule has 2 aromatic carbocycles. The Kier molecular flexibility index (Phi) is 6.97. The van der Waals surface area contributed by atoms with Crippen LogP contribution in [0.3, 0.4) is 0 Å². The van der Waals surface area contributed by atoms with Crippen molar-refractivity contribution in [2.45, 2.75) is 19.8 Å². The number of rotatable bonds is 4. The summed E-state index contributed by atoms with van der Waals surface area (Å²) >= 11 is 1.24. The summed E-state index contributed by atoms with van der Waals surface area (Å²) in [4.78, 5) is 43.9. The minimum Gasteiger partial charge on any atom is -0.339 e. The summed E-state index contributed by atoms with van der Waals surface area (Å²) in [5, 5.41) is 0.712. The van der Waals surface area contributed by atoms with Crippen molar-refractivity contribution in [3.05, 3.63) is 76.3 Å². The van der Waals surface area contributed by atoms with Crippen LogP contribution in [0.4, 0.5) is 8.78 Å². The van der Waals surface area contributed by atoms with Gasteiger partial charge in [-0.2, -0.15) is 0 Å². The van der Waals surface area contributed by atoms with Gasteiger partial charge in [0, 0.05) is 30.6 Å². The zero-order chi connectivity index (χ0) is 24.2. The van der Waals surface area contributed by atoms with Gasteiger partial charge in [0.25, 0.3) is 11.8 Å². The van der Waals surface area contributed by atoms with Gasteiger partial charge >= 0.3 is 0 Å². The molecule has 1 aliphatic rings. The molecule has 34 heavy (non-hydrogen) atoms. The highest BCUT2D eigenvalue weighted by atomic mass is 32.1. The van der Waals surface area contributed by atoms with Gasteiger partial charge in [-0.05, 0) is 31.9 Å². The SMILES string of the molecule is Cc1nc(-c2ccccc2)sc1C(=O)NNC(=O)C1CCN(C(=O)c2ccc(F)cc2F)CC1. The van der Waals surface area contributed by atoms with E-state index in [1.54, 1.807) is 6.92 Å². The quantitative estimate of drug-likeness (QED) is 0.553. The van der Waals surface area contributed by atoms with Crippen molar-refractivity contribution in [2.75, 3.05) is 13.1 Å². The number of thiazole rings is 1. The molecule has 1 fully saturated rings. The van der Waals surface area contributed by atoms with Gasteiger partial charge in [-0.25, -0.2) is 13.8 Å². The van der Waals surface area contributed by atoms with Crippen LogP contribution in [0.5, 0.6) is 0 Å². The second kappa shape index (κ2) is 10.1. The molecule has 176 valence electrons. The lowest BCUT2D eigenvalue weighted by Gasteiger charge is -2.31. The van der Waals surface area contributed by atoms with Crippen molar-refractivity contribution >= 4 is 29.1 Å². The second-order valence-corrected chi connectivity index (χ2v) is 8.93. The number of carbonyl (C=O) groups is 3. The van der Waals surface area contributed by atoms with Gasteiger partial charge in [0.2, 0.25) is 5.91 Å². The Bertz CT molecular complexity index is 1220. The van der Waals surface area contributed by atoms with Crippen LogP contribution in [-0.2, 0) is 4.79 Å². The fourth-order valence-corrected chi connectivity index (χ4v) is 4.73. The highest BCUT2D eigenvalue weighted by Crippen LogP contribution is 2.27. The molecule has 0 unspecified atom stereocenters. The topological polar surface area (TPSA) is 91.4 Å². The van der Waals surface area contributed by atoms with Gasteiger partial charge in [0.15, 0.2) is 0 Å². The van der Waals surface area contributed by atoms with E-state index in [-0.39, 0.29) is 24.6 Å². The third-order valence-electron chi connectivity index (χ3n) is 5.64. The molecule has 4 rings (SSSR count). The van der Waals surface area contributed by atoms with Crippen LogP contribution in [0.25, 0.3) is 10.6 Å². The number of aryl methyl sites for hydroxylation is 1. The van der Waals surface area contributed by atoms with Crippen LogP contribution in [0.15, 0.2) is 48.5 Å². The smallest absolute Gasteiger partial charge is 0.281 e. The fourth-order valence-electron chi connectivity index (χ4n) is 3.77. The Morgan fingerprint density at radius 3 is 2.41 bits per heavy atom. The first kappa shape index (κ1) is 23.5. The first-order valence-corrected chi connectivity index (χ1v) is 11.5. The normalized spacial score (nSPS) is 14.0. The van der Waals surface area contributed by atoms with Crippen molar-refractivity contribution < 1.29 is 23.2 Å². The molecule has 0 spiro atoms. The molecule has 1 aromatic heterocycles. The molecule has 0 atom stereocenters. The van der Waals surface area contributed by atoms with Crippen LogP contribution in [0.1, 0.15) is 38.6 Å². The zero-order valence-corrected chi connectivity index (χ0v) is 19.1. The van der Waals surface area contributed by atoms with Crippen molar-refractivity contribution in [3.63, 3.8) is 0 Å². The number of piperidine rings is 1. The number of likely N-dealkylation sites (tertiary alicyclic amines) is 1. The summed E-state index contributed by atoms with van der Waals surface area (Å²) in [6.07, 6.45) is 0.710. The number of carbonyl (C=O) groups excluding carboxylic acids is 3. The summed E-state index contributed by atoms with van der Waals surface area (Å²) in [6, 6.07) is 12.3. The van der Waals surface area contributed by atoms with Crippen molar-refractivity contribution in [3.8, 4) is 10.6 Å². The van der Waals surface area contributed by atoms with Crippen molar-refractivity contribution in [1.29, 1.82) is 0 Å². The molecule has 3 amide bonds. The monoisotopic (exact) mass is 484 g/mol. The Morgan fingerprint density at radius 1 is 1.03 bits per heavy atom. The lowest BCUT2D eigenvalue weighted by Crippen LogP contribution is -2.48. The number of hydrogen-bond donors (Lipinski definition) is 2. The van der Waals surface area contributed by atoms with Crippen molar-refractivity contribution in [2.24, 2.45) is 5.92 Å². The summed E-state index contributed by atoms with van der Waals surface area (Å²) in [5.41, 5.74) is 6.16. The summed E-state index contributed by atoms with van der Waals surface area (Å²) in [5.74, 6) is -3.44. The Morgan fingerprint density at radius 2 is 1.74 bits per heavy atom. The second-order valence-electron chi connectivity index (χ2n) is 7.93. The minimum absolute atomic E-state index is 0.202. The summed E-state index contributed by atoms with van der Waals surface area (Å²) in [7, 11) is 0. The first-order chi connectivity index (χ1) is 16.3. The predicted octanol–water partition coefficient (Wildman–Crippen LogP) is 3.71. The van der Waals surface area contributed by atoms with Gasteiger partial charge in [0.1, 0.15) is 21.5 Å². The number of nitrogens with one attached hydrogen (secondary N) is 2. The van der Waals surface area contributed by atoms with Gasteiger partial charge in [-0.1, -0.05) is 30.3 Å². The third-order valence-corrected chi connectivity index (χ3v) is 6.84. The summed E-state index contributed by atoms with van der Waals surface area (Å²) in [6.45, 7) is 2.22. The van der Waals surface area contributed by atoms with Gasteiger partial charge in [-0.15, -0.1) is 11.3 Å². The highest BCUT2D eigenvalue weighted by molar-refractivity contribution is 7.17. The highest BCUT2D eigenvalue weighted by Gasteiger charge is 2.29. The number of hydrazine groups is 1. The zero-order valence-electron chi connectivity index (χ0n) is 18.3.